The molecular weight excluding hydrogens is 445 g/mol. The number of rotatable bonds is 3. The molecule has 142 valence electrons. The molecule has 0 radical (unpaired) electrons. The Morgan fingerprint density at radius 1 is 1.33 bits per heavy atom. The van der Waals surface area contributed by atoms with Crippen LogP contribution in [0.3, 0.4) is 0 Å². The standard InChI is InChI=1S/C15H29N3O4S.HI/c1-14(2,3)22-12(19)7-8-17-13(16-6)18-9-10-23(20,21)15(4,5)11-18;/h7-11H2,1-6H3,(H,16,17);1H. The van der Waals surface area contributed by atoms with Gasteiger partial charge in [-0.25, -0.2) is 8.42 Å². The van der Waals surface area contributed by atoms with Crippen LogP contribution in [0.4, 0.5) is 0 Å². The predicted octanol–water partition coefficient (Wildman–Crippen LogP) is 1.42. The number of sulfone groups is 1. The van der Waals surface area contributed by atoms with E-state index in [-0.39, 0.29) is 42.1 Å². The predicted molar refractivity (Wildman–Crippen MR) is 107 cm³/mol. The van der Waals surface area contributed by atoms with E-state index in [4.69, 9.17) is 4.74 Å². The van der Waals surface area contributed by atoms with Crippen molar-refractivity contribution in [3.63, 3.8) is 0 Å². The molecule has 1 aliphatic heterocycles. The summed E-state index contributed by atoms with van der Waals surface area (Å²) in [4.78, 5) is 17.8. The Balaban J connectivity index is 0.00000529. The van der Waals surface area contributed by atoms with Gasteiger partial charge in [0, 0.05) is 26.7 Å². The highest BCUT2D eigenvalue weighted by Crippen LogP contribution is 2.23. The molecule has 0 aliphatic carbocycles. The van der Waals surface area contributed by atoms with E-state index < -0.39 is 20.2 Å². The number of halogens is 1. The van der Waals surface area contributed by atoms with Gasteiger partial charge in [0.1, 0.15) is 5.60 Å². The summed E-state index contributed by atoms with van der Waals surface area (Å²) in [5, 5.41) is 3.10. The first-order valence-electron chi connectivity index (χ1n) is 7.78. The van der Waals surface area contributed by atoms with Gasteiger partial charge >= 0.3 is 5.97 Å². The van der Waals surface area contributed by atoms with Gasteiger partial charge in [-0.05, 0) is 34.6 Å². The Morgan fingerprint density at radius 2 is 1.92 bits per heavy atom. The molecule has 0 amide bonds. The Morgan fingerprint density at radius 3 is 2.38 bits per heavy atom. The maximum atomic E-state index is 12.0. The van der Waals surface area contributed by atoms with Gasteiger partial charge in [-0.15, -0.1) is 24.0 Å². The lowest BCUT2D eigenvalue weighted by Gasteiger charge is -2.39. The highest BCUT2D eigenvalue weighted by atomic mass is 127. The highest BCUT2D eigenvalue weighted by molar-refractivity contribution is 14.0. The molecule has 1 heterocycles. The molecule has 0 bridgehead atoms. The number of esters is 1. The third kappa shape index (κ3) is 6.73. The van der Waals surface area contributed by atoms with Crippen molar-refractivity contribution in [2.45, 2.75) is 51.4 Å². The van der Waals surface area contributed by atoms with Crippen LogP contribution in [0.25, 0.3) is 0 Å². The van der Waals surface area contributed by atoms with Crippen molar-refractivity contribution in [1.82, 2.24) is 10.2 Å². The maximum Gasteiger partial charge on any atom is 0.308 e. The van der Waals surface area contributed by atoms with Crippen molar-refractivity contribution in [3.05, 3.63) is 0 Å². The zero-order chi connectivity index (χ0) is 17.9. The lowest BCUT2D eigenvalue weighted by Crippen LogP contribution is -2.57. The Hall–Kier alpha value is -0.580. The van der Waals surface area contributed by atoms with Crippen LogP contribution in [0.2, 0.25) is 0 Å². The largest absolute Gasteiger partial charge is 0.460 e. The van der Waals surface area contributed by atoms with E-state index in [1.165, 1.54) is 0 Å². The number of guanidine groups is 1. The molecule has 0 saturated carbocycles. The SMILES string of the molecule is CN=C(NCCC(=O)OC(C)(C)C)N1CCS(=O)(=O)C(C)(C)C1.I. The smallest absolute Gasteiger partial charge is 0.308 e. The first-order chi connectivity index (χ1) is 10.4. The number of aliphatic imine (C=N–C) groups is 1. The topological polar surface area (TPSA) is 88.1 Å². The molecule has 24 heavy (non-hydrogen) atoms. The van der Waals surface area contributed by atoms with Gasteiger partial charge in [0.25, 0.3) is 0 Å². The summed E-state index contributed by atoms with van der Waals surface area (Å²) in [5.41, 5.74) is -0.496. The van der Waals surface area contributed by atoms with Gasteiger partial charge in [0.15, 0.2) is 15.8 Å². The summed E-state index contributed by atoms with van der Waals surface area (Å²) >= 11 is 0. The second-order valence-corrected chi connectivity index (χ2v) is 10.1. The van der Waals surface area contributed by atoms with Gasteiger partial charge in [-0.2, -0.15) is 0 Å². The zero-order valence-corrected chi connectivity index (χ0v) is 18.5. The first kappa shape index (κ1) is 23.4. The molecule has 0 spiro atoms. The van der Waals surface area contributed by atoms with Crippen LogP contribution in [0.15, 0.2) is 4.99 Å². The number of hydrogen-bond acceptors (Lipinski definition) is 5. The van der Waals surface area contributed by atoms with E-state index in [1.54, 1.807) is 20.9 Å². The van der Waals surface area contributed by atoms with Gasteiger partial charge in [-0.1, -0.05) is 0 Å². The summed E-state index contributed by atoms with van der Waals surface area (Å²) in [6, 6.07) is 0. The van der Waals surface area contributed by atoms with E-state index in [1.807, 2.05) is 25.7 Å². The minimum Gasteiger partial charge on any atom is -0.460 e. The first-order valence-corrected chi connectivity index (χ1v) is 9.43. The summed E-state index contributed by atoms with van der Waals surface area (Å²) in [6.07, 6.45) is 0.228. The fraction of sp³-hybridized carbons (Fsp3) is 0.867. The molecule has 7 nitrogen and oxygen atoms in total. The molecule has 0 unspecified atom stereocenters. The van der Waals surface area contributed by atoms with Gasteiger partial charge < -0.3 is 15.0 Å². The third-order valence-electron chi connectivity index (χ3n) is 3.59. The number of nitrogens with zero attached hydrogens (tertiary/aromatic N) is 2. The second-order valence-electron chi connectivity index (χ2n) is 7.31. The summed E-state index contributed by atoms with van der Waals surface area (Å²) < 4.78 is 28.5. The molecule has 0 atom stereocenters. The Labute approximate surface area is 162 Å². The van der Waals surface area contributed by atoms with Crippen molar-refractivity contribution >= 4 is 45.7 Å². The molecule has 0 aromatic rings. The van der Waals surface area contributed by atoms with Gasteiger partial charge in [0.2, 0.25) is 0 Å². The van der Waals surface area contributed by atoms with Crippen molar-refractivity contribution in [1.29, 1.82) is 0 Å². The number of carbonyl (C=O) groups excluding carboxylic acids is 1. The fourth-order valence-electron chi connectivity index (χ4n) is 2.33. The van der Waals surface area contributed by atoms with E-state index in [9.17, 15) is 13.2 Å². The van der Waals surface area contributed by atoms with Crippen LogP contribution < -0.4 is 5.32 Å². The van der Waals surface area contributed by atoms with Crippen LogP contribution >= 0.6 is 24.0 Å². The van der Waals surface area contributed by atoms with E-state index in [0.717, 1.165) is 0 Å². The summed E-state index contributed by atoms with van der Waals surface area (Å²) in [5.74, 6) is 0.436. The quantitative estimate of drug-likeness (QED) is 0.288. The van der Waals surface area contributed by atoms with Crippen molar-refractivity contribution in [2.75, 3.05) is 32.4 Å². The summed E-state index contributed by atoms with van der Waals surface area (Å²) in [6.45, 7) is 10.1. The lowest BCUT2D eigenvalue weighted by molar-refractivity contribution is -0.154. The number of ether oxygens (including phenoxy) is 1. The third-order valence-corrected chi connectivity index (χ3v) is 6.12. The van der Waals surface area contributed by atoms with Crippen LogP contribution in [0.5, 0.6) is 0 Å². The highest BCUT2D eigenvalue weighted by Gasteiger charge is 2.40. The Kier molecular flexibility index (Phi) is 8.47. The average Bonchev–Trinajstić information content (AvgIpc) is 2.36. The maximum absolute atomic E-state index is 12.0. The molecule has 1 aliphatic rings. The normalized spacial score (nSPS) is 20.1. The van der Waals surface area contributed by atoms with Crippen molar-refractivity contribution < 1.29 is 17.9 Å². The second kappa shape index (κ2) is 8.68. The molecule has 0 aromatic heterocycles. The molecule has 1 rings (SSSR count). The van der Waals surface area contributed by atoms with Crippen LogP contribution in [0.1, 0.15) is 41.0 Å². The fourth-order valence-corrected chi connectivity index (χ4v) is 3.69. The molecule has 1 saturated heterocycles. The lowest BCUT2D eigenvalue weighted by atomic mass is 10.2. The molecule has 1 fully saturated rings. The minimum atomic E-state index is -3.09. The number of carbonyl (C=O) groups is 1. The zero-order valence-electron chi connectivity index (χ0n) is 15.4. The van der Waals surface area contributed by atoms with Crippen LogP contribution in [-0.4, -0.2) is 68.0 Å². The van der Waals surface area contributed by atoms with Crippen LogP contribution in [-0.2, 0) is 19.4 Å². The molecule has 1 N–H and O–H groups in total. The Bertz CT molecular complexity index is 568. The van der Waals surface area contributed by atoms with Crippen molar-refractivity contribution in [3.8, 4) is 0 Å². The van der Waals surface area contributed by atoms with Gasteiger partial charge in [0.05, 0.1) is 16.9 Å². The average molecular weight is 475 g/mol. The van der Waals surface area contributed by atoms with E-state index in [0.29, 0.717) is 25.6 Å². The van der Waals surface area contributed by atoms with E-state index >= 15 is 0 Å². The molecular formula is C15H30IN3O4S. The summed E-state index contributed by atoms with van der Waals surface area (Å²) in [7, 11) is -1.44. The van der Waals surface area contributed by atoms with Crippen molar-refractivity contribution in [2.24, 2.45) is 4.99 Å². The monoisotopic (exact) mass is 475 g/mol. The minimum absolute atomic E-state index is 0. The molecule has 0 aromatic carbocycles. The molecule has 9 heteroatoms. The number of nitrogens with one attached hydrogen (secondary N) is 1. The van der Waals surface area contributed by atoms with E-state index in [2.05, 4.69) is 10.3 Å². The van der Waals surface area contributed by atoms with Crippen LogP contribution in [0, 0.1) is 0 Å². The van der Waals surface area contributed by atoms with Gasteiger partial charge in [-0.3, -0.25) is 9.79 Å². The number of hydrogen-bond donors (Lipinski definition) is 1.